The summed E-state index contributed by atoms with van der Waals surface area (Å²) in [4.78, 5) is 30.0. The largest absolute Gasteiger partial charge is 0.433 e. The highest BCUT2D eigenvalue weighted by Gasteiger charge is 2.34. The van der Waals surface area contributed by atoms with Crippen LogP contribution >= 0.6 is 0 Å². The molecule has 0 aliphatic heterocycles. The molecular formula is C15H22F3N5O3. The van der Waals surface area contributed by atoms with Gasteiger partial charge in [0.2, 0.25) is 18.3 Å². The number of hydrogen-bond acceptors (Lipinski definition) is 6. The van der Waals surface area contributed by atoms with Gasteiger partial charge in [0.15, 0.2) is 0 Å². The molecule has 0 saturated carbocycles. The summed E-state index contributed by atoms with van der Waals surface area (Å²) in [6, 6.07) is 0.657. The molecule has 0 unspecified atom stereocenters. The number of anilines is 1. The molecule has 0 fully saturated rings. The first-order chi connectivity index (χ1) is 12.1. The van der Waals surface area contributed by atoms with Crippen molar-refractivity contribution in [2.24, 2.45) is 17.7 Å². The van der Waals surface area contributed by atoms with E-state index in [4.69, 9.17) is 5.84 Å². The second-order valence-electron chi connectivity index (χ2n) is 6.20. The Balaban J connectivity index is 2.95. The molecular weight excluding hydrogens is 355 g/mol. The van der Waals surface area contributed by atoms with Crippen molar-refractivity contribution in [1.29, 1.82) is 0 Å². The Labute approximate surface area is 148 Å². The molecule has 2 amide bonds. The van der Waals surface area contributed by atoms with E-state index in [2.05, 4.69) is 9.97 Å². The van der Waals surface area contributed by atoms with Crippen LogP contribution in [0.15, 0.2) is 12.3 Å². The van der Waals surface area contributed by atoms with Crippen molar-refractivity contribution in [3.8, 4) is 0 Å². The molecule has 0 radical (unpaired) electrons. The van der Waals surface area contributed by atoms with E-state index in [9.17, 15) is 28.0 Å². The first kappa shape index (κ1) is 21.8. The zero-order chi connectivity index (χ0) is 19.9. The lowest BCUT2D eigenvalue weighted by atomic mass is 9.97. The molecule has 0 aliphatic rings. The van der Waals surface area contributed by atoms with E-state index in [-0.39, 0.29) is 19.4 Å². The fraction of sp³-hybridized carbons (Fsp3) is 0.600. The molecule has 0 aromatic carbocycles. The Hall–Kier alpha value is -2.27. The molecule has 0 bridgehead atoms. The van der Waals surface area contributed by atoms with Crippen LogP contribution in [-0.4, -0.2) is 39.1 Å². The summed E-state index contributed by atoms with van der Waals surface area (Å²) in [5.74, 6) is 3.66. The number of carbonyl (C=O) groups is 2. The van der Waals surface area contributed by atoms with Gasteiger partial charge in [-0.2, -0.15) is 13.2 Å². The molecule has 1 aromatic heterocycles. The highest BCUT2D eigenvalue weighted by atomic mass is 19.4. The van der Waals surface area contributed by atoms with Gasteiger partial charge in [-0.05, 0) is 18.4 Å². The van der Waals surface area contributed by atoms with E-state index in [1.807, 2.05) is 13.8 Å². The number of halogens is 3. The van der Waals surface area contributed by atoms with Crippen LogP contribution in [0, 0.1) is 11.8 Å². The molecule has 11 heteroatoms. The molecule has 8 nitrogen and oxygen atoms in total. The summed E-state index contributed by atoms with van der Waals surface area (Å²) >= 11 is 0. The van der Waals surface area contributed by atoms with Gasteiger partial charge >= 0.3 is 6.18 Å². The molecule has 1 aromatic rings. The van der Waals surface area contributed by atoms with Crippen molar-refractivity contribution in [1.82, 2.24) is 15.0 Å². The molecule has 0 saturated heterocycles. The van der Waals surface area contributed by atoms with Crippen LogP contribution in [0.2, 0.25) is 0 Å². The SMILES string of the molecule is CC(C)CCC[C@H](CN(O)C=O)C(=O)N(N)c1nccc(C(F)(F)F)n1. The van der Waals surface area contributed by atoms with E-state index in [1.54, 1.807) is 0 Å². The van der Waals surface area contributed by atoms with Crippen LogP contribution < -0.4 is 10.9 Å². The molecule has 1 heterocycles. The van der Waals surface area contributed by atoms with Crippen LogP contribution in [0.1, 0.15) is 38.8 Å². The summed E-state index contributed by atoms with van der Waals surface area (Å²) in [5.41, 5.74) is -1.24. The molecule has 26 heavy (non-hydrogen) atoms. The van der Waals surface area contributed by atoms with Gasteiger partial charge in [-0.3, -0.25) is 14.8 Å². The Morgan fingerprint density at radius 1 is 1.38 bits per heavy atom. The maximum atomic E-state index is 12.7. The summed E-state index contributed by atoms with van der Waals surface area (Å²) in [6.45, 7) is 3.64. The number of nitrogens with zero attached hydrogens (tertiary/aromatic N) is 4. The van der Waals surface area contributed by atoms with Crippen LogP contribution in [-0.2, 0) is 15.8 Å². The number of aromatic nitrogens is 2. The van der Waals surface area contributed by atoms with Gasteiger partial charge in [-0.15, -0.1) is 0 Å². The second kappa shape index (κ2) is 9.43. The van der Waals surface area contributed by atoms with Crippen LogP contribution in [0.3, 0.4) is 0 Å². The fourth-order valence-electron chi connectivity index (χ4n) is 2.25. The van der Waals surface area contributed by atoms with E-state index in [0.717, 1.165) is 12.6 Å². The fourth-order valence-corrected chi connectivity index (χ4v) is 2.25. The summed E-state index contributed by atoms with van der Waals surface area (Å²) in [6.07, 6.45) is -2.05. The Kier molecular flexibility index (Phi) is 7.90. The second-order valence-corrected chi connectivity index (χ2v) is 6.20. The van der Waals surface area contributed by atoms with Gasteiger partial charge in [-0.1, -0.05) is 26.7 Å². The average molecular weight is 377 g/mol. The number of rotatable bonds is 9. The lowest BCUT2D eigenvalue weighted by Crippen LogP contribution is -2.46. The monoisotopic (exact) mass is 377 g/mol. The quantitative estimate of drug-likeness (QED) is 0.224. The number of hydroxylamine groups is 2. The third kappa shape index (κ3) is 6.56. The standard InChI is InChI=1S/C15H22F3N5O3/c1-10(2)4-3-5-11(8-22(26)9-24)13(25)23(19)14-20-7-6-12(21-14)15(16,17)18/h6-7,9-11,26H,3-5,8,19H2,1-2H3/t11-/m1/s1. The maximum absolute atomic E-state index is 12.7. The highest BCUT2D eigenvalue weighted by Crippen LogP contribution is 2.28. The van der Waals surface area contributed by atoms with E-state index in [1.165, 1.54) is 0 Å². The van der Waals surface area contributed by atoms with Gasteiger partial charge in [0, 0.05) is 6.20 Å². The zero-order valence-electron chi connectivity index (χ0n) is 14.5. The van der Waals surface area contributed by atoms with Gasteiger partial charge in [0.05, 0.1) is 12.5 Å². The lowest BCUT2D eigenvalue weighted by Gasteiger charge is -2.24. The van der Waals surface area contributed by atoms with Crippen LogP contribution in [0.25, 0.3) is 0 Å². The first-order valence-electron chi connectivity index (χ1n) is 7.96. The van der Waals surface area contributed by atoms with Gasteiger partial charge < -0.3 is 0 Å². The van der Waals surface area contributed by atoms with Gasteiger partial charge in [0.25, 0.3) is 0 Å². The minimum atomic E-state index is -4.71. The lowest BCUT2D eigenvalue weighted by molar-refractivity contribution is -0.154. The van der Waals surface area contributed by atoms with Crippen molar-refractivity contribution < 1.29 is 28.0 Å². The van der Waals surface area contributed by atoms with Crippen molar-refractivity contribution in [2.45, 2.75) is 39.3 Å². The van der Waals surface area contributed by atoms with Crippen molar-refractivity contribution in [2.75, 3.05) is 11.6 Å². The third-order valence-corrected chi connectivity index (χ3v) is 3.60. The van der Waals surface area contributed by atoms with E-state index < -0.39 is 29.6 Å². The number of carbonyl (C=O) groups excluding carboxylic acids is 2. The van der Waals surface area contributed by atoms with E-state index >= 15 is 0 Å². The average Bonchev–Trinajstić information content (AvgIpc) is 2.58. The molecule has 1 atom stereocenters. The maximum Gasteiger partial charge on any atom is 0.433 e. The topological polar surface area (TPSA) is 113 Å². The predicted octanol–water partition coefficient (Wildman–Crippen LogP) is 1.99. The third-order valence-electron chi connectivity index (χ3n) is 3.60. The summed E-state index contributed by atoms with van der Waals surface area (Å²) in [5, 5.41) is 10.1. The molecule has 1 rings (SSSR count). The molecule has 0 spiro atoms. The number of hydrogen-bond donors (Lipinski definition) is 2. The van der Waals surface area contributed by atoms with Crippen molar-refractivity contribution in [3.05, 3.63) is 18.0 Å². The summed E-state index contributed by atoms with van der Waals surface area (Å²) in [7, 11) is 0. The minimum absolute atomic E-state index is 0.129. The minimum Gasteiger partial charge on any atom is -0.286 e. The van der Waals surface area contributed by atoms with Crippen molar-refractivity contribution in [3.63, 3.8) is 0 Å². The number of amides is 2. The first-order valence-corrected chi connectivity index (χ1v) is 7.96. The normalized spacial score (nSPS) is 12.8. The molecule has 146 valence electrons. The Morgan fingerprint density at radius 2 is 2.04 bits per heavy atom. The van der Waals surface area contributed by atoms with Crippen molar-refractivity contribution >= 4 is 18.3 Å². The number of nitrogens with two attached hydrogens (primary N) is 1. The molecule has 0 aliphatic carbocycles. The number of alkyl halides is 3. The Bertz CT molecular complexity index is 612. The van der Waals surface area contributed by atoms with Crippen LogP contribution in [0.4, 0.5) is 19.1 Å². The van der Waals surface area contributed by atoms with Crippen LogP contribution in [0.5, 0.6) is 0 Å². The number of hydrazine groups is 1. The van der Waals surface area contributed by atoms with Gasteiger partial charge in [0.1, 0.15) is 5.69 Å². The van der Waals surface area contributed by atoms with Gasteiger partial charge in [-0.25, -0.2) is 25.9 Å². The zero-order valence-corrected chi connectivity index (χ0v) is 14.5. The smallest absolute Gasteiger partial charge is 0.286 e. The summed E-state index contributed by atoms with van der Waals surface area (Å²) < 4.78 is 38.2. The highest BCUT2D eigenvalue weighted by molar-refractivity contribution is 5.92. The molecule has 3 N–H and O–H groups in total. The Morgan fingerprint density at radius 3 is 2.58 bits per heavy atom. The predicted molar refractivity (Wildman–Crippen MR) is 85.4 cm³/mol. The van der Waals surface area contributed by atoms with E-state index in [0.29, 0.717) is 28.5 Å².